The minimum atomic E-state index is 0.0657. The molecule has 1 atom stereocenters. The Balaban J connectivity index is 2.19. The van der Waals surface area contributed by atoms with Crippen molar-refractivity contribution >= 4 is 0 Å². The molecule has 3 heteroatoms. The molecule has 3 nitrogen and oxygen atoms in total. The molecule has 2 aromatic carbocycles. The fourth-order valence-corrected chi connectivity index (χ4v) is 2.88. The van der Waals surface area contributed by atoms with Crippen molar-refractivity contribution in [1.82, 2.24) is 0 Å². The first-order valence-corrected chi connectivity index (χ1v) is 7.27. The van der Waals surface area contributed by atoms with Crippen molar-refractivity contribution in [1.29, 1.82) is 0 Å². The lowest BCUT2D eigenvalue weighted by molar-refractivity contribution is 0.242. The molecule has 1 unspecified atom stereocenters. The average molecular weight is 283 g/mol. The van der Waals surface area contributed by atoms with Crippen LogP contribution in [0.4, 0.5) is 0 Å². The summed E-state index contributed by atoms with van der Waals surface area (Å²) in [7, 11) is 1.70. The maximum absolute atomic E-state index is 6.06. The molecule has 0 saturated heterocycles. The van der Waals surface area contributed by atoms with Crippen molar-refractivity contribution in [2.24, 2.45) is 5.73 Å². The molecule has 0 spiro atoms. The largest absolute Gasteiger partial charge is 0.497 e. The van der Waals surface area contributed by atoms with Crippen LogP contribution in [0.5, 0.6) is 11.5 Å². The van der Waals surface area contributed by atoms with Gasteiger partial charge < -0.3 is 15.2 Å². The van der Waals surface area contributed by atoms with E-state index in [4.69, 9.17) is 15.2 Å². The van der Waals surface area contributed by atoms with Crippen LogP contribution in [0.3, 0.4) is 0 Å². The zero-order chi connectivity index (χ0) is 15.0. The van der Waals surface area contributed by atoms with Gasteiger partial charge in [0.15, 0.2) is 0 Å². The number of nitrogens with two attached hydrogens (primary N) is 1. The molecule has 0 bridgehead atoms. The Morgan fingerprint density at radius 2 is 2.00 bits per heavy atom. The first-order chi connectivity index (χ1) is 10.1. The van der Waals surface area contributed by atoms with Crippen molar-refractivity contribution < 1.29 is 9.47 Å². The summed E-state index contributed by atoms with van der Waals surface area (Å²) >= 11 is 0. The van der Waals surface area contributed by atoms with Gasteiger partial charge in [-0.3, -0.25) is 0 Å². The molecular weight excluding hydrogens is 262 g/mol. The van der Waals surface area contributed by atoms with Gasteiger partial charge in [0, 0.05) is 24.1 Å². The van der Waals surface area contributed by atoms with Gasteiger partial charge in [0.25, 0.3) is 0 Å². The molecule has 1 aliphatic heterocycles. The van der Waals surface area contributed by atoms with E-state index < -0.39 is 0 Å². The molecule has 1 aliphatic rings. The first kappa shape index (κ1) is 14.0. The minimum absolute atomic E-state index is 0.0657. The van der Waals surface area contributed by atoms with Crippen LogP contribution in [0.25, 0.3) is 11.1 Å². The summed E-state index contributed by atoms with van der Waals surface area (Å²) in [5.41, 5.74) is 11.7. The van der Waals surface area contributed by atoms with E-state index in [1.807, 2.05) is 0 Å². The molecule has 0 amide bonds. The summed E-state index contributed by atoms with van der Waals surface area (Å²) in [6.07, 6.45) is 0.914. The molecule has 0 saturated carbocycles. The Bertz CT molecular complexity index is 679. The summed E-state index contributed by atoms with van der Waals surface area (Å²) in [6.45, 7) is 4.76. The van der Waals surface area contributed by atoms with Crippen molar-refractivity contribution in [3.8, 4) is 22.6 Å². The van der Waals surface area contributed by atoms with E-state index in [2.05, 4.69) is 44.2 Å². The summed E-state index contributed by atoms with van der Waals surface area (Å²) < 4.78 is 11.5. The van der Waals surface area contributed by atoms with Crippen LogP contribution in [0.15, 0.2) is 30.3 Å². The molecule has 1 heterocycles. The van der Waals surface area contributed by atoms with Crippen LogP contribution in [-0.2, 0) is 6.42 Å². The van der Waals surface area contributed by atoms with Crippen LogP contribution in [0.1, 0.15) is 16.7 Å². The molecule has 2 aromatic rings. The van der Waals surface area contributed by atoms with Gasteiger partial charge in [0.1, 0.15) is 17.6 Å². The lowest BCUT2D eigenvalue weighted by Crippen LogP contribution is -2.24. The zero-order valence-electron chi connectivity index (χ0n) is 12.8. The monoisotopic (exact) mass is 283 g/mol. The molecule has 0 fully saturated rings. The number of ether oxygens (including phenoxy) is 2. The molecule has 21 heavy (non-hydrogen) atoms. The van der Waals surface area contributed by atoms with Gasteiger partial charge >= 0.3 is 0 Å². The maximum atomic E-state index is 6.06. The third-order valence-corrected chi connectivity index (χ3v) is 4.05. The Morgan fingerprint density at radius 3 is 2.71 bits per heavy atom. The van der Waals surface area contributed by atoms with E-state index in [9.17, 15) is 0 Å². The Labute approximate surface area is 125 Å². The third-order valence-electron chi connectivity index (χ3n) is 4.05. The Hall–Kier alpha value is -2.00. The Morgan fingerprint density at radius 1 is 1.19 bits per heavy atom. The summed E-state index contributed by atoms with van der Waals surface area (Å²) in [5.74, 6) is 1.82. The zero-order valence-corrected chi connectivity index (χ0v) is 12.8. The van der Waals surface area contributed by atoms with Gasteiger partial charge in [0.2, 0.25) is 0 Å². The molecule has 110 valence electrons. The SMILES string of the molecule is COc1cc2c(c(-c3cc(C)ccc3C)c1)OC(CN)C2. The highest BCUT2D eigenvalue weighted by atomic mass is 16.5. The predicted octanol–water partition coefficient (Wildman–Crippen LogP) is 3.24. The molecular formula is C18H21NO2. The molecule has 3 rings (SSSR count). The average Bonchev–Trinajstić information content (AvgIpc) is 2.91. The number of hydrogen-bond acceptors (Lipinski definition) is 3. The van der Waals surface area contributed by atoms with Crippen molar-refractivity contribution in [3.63, 3.8) is 0 Å². The standard InChI is InChI=1S/C18H21NO2/c1-11-4-5-12(2)16(6-11)17-9-14(20-3)7-13-8-15(10-19)21-18(13)17/h4-7,9,15H,8,10,19H2,1-3H3. The van der Waals surface area contributed by atoms with E-state index in [0.717, 1.165) is 23.5 Å². The van der Waals surface area contributed by atoms with Crippen LogP contribution in [0, 0.1) is 13.8 Å². The van der Waals surface area contributed by atoms with Crippen LogP contribution >= 0.6 is 0 Å². The van der Waals surface area contributed by atoms with Crippen LogP contribution < -0.4 is 15.2 Å². The van der Waals surface area contributed by atoms with Gasteiger partial charge in [-0.25, -0.2) is 0 Å². The van der Waals surface area contributed by atoms with E-state index in [0.29, 0.717) is 6.54 Å². The normalized spacial score (nSPS) is 16.5. The summed E-state index contributed by atoms with van der Waals surface area (Å²) in [6, 6.07) is 10.6. The Kier molecular flexibility index (Phi) is 3.60. The van der Waals surface area contributed by atoms with Crippen LogP contribution in [-0.4, -0.2) is 19.8 Å². The van der Waals surface area contributed by atoms with Gasteiger partial charge in [-0.1, -0.05) is 23.8 Å². The van der Waals surface area contributed by atoms with Gasteiger partial charge in [-0.2, -0.15) is 0 Å². The fourth-order valence-electron chi connectivity index (χ4n) is 2.88. The van der Waals surface area contributed by atoms with Crippen LogP contribution in [0.2, 0.25) is 0 Å². The number of aryl methyl sites for hydroxylation is 2. The topological polar surface area (TPSA) is 44.5 Å². The number of rotatable bonds is 3. The number of methoxy groups -OCH3 is 1. The van der Waals surface area contributed by atoms with E-state index >= 15 is 0 Å². The van der Waals surface area contributed by atoms with E-state index in [1.165, 1.54) is 22.3 Å². The molecule has 0 aliphatic carbocycles. The van der Waals surface area contributed by atoms with Gasteiger partial charge in [-0.15, -0.1) is 0 Å². The van der Waals surface area contributed by atoms with Gasteiger partial charge in [-0.05, 0) is 37.1 Å². The van der Waals surface area contributed by atoms with E-state index in [1.54, 1.807) is 7.11 Å². The second-order valence-corrected chi connectivity index (χ2v) is 5.66. The maximum Gasteiger partial charge on any atom is 0.131 e. The first-order valence-electron chi connectivity index (χ1n) is 7.27. The highest BCUT2D eigenvalue weighted by molar-refractivity contribution is 5.77. The predicted molar refractivity (Wildman–Crippen MR) is 85.1 cm³/mol. The number of hydrogen-bond donors (Lipinski definition) is 1. The molecule has 0 radical (unpaired) electrons. The minimum Gasteiger partial charge on any atom is -0.497 e. The second-order valence-electron chi connectivity index (χ2n) is 5.66. The molecule has 2 N–H and O–H groups in total. The summed E-state index contributed by atoms with van der Waals surface area (Å²) in [4.78, 5) is 0. The number of fused-ring (bicyclic) bond motifs is 1. The smallest absolute Gasteiger partial charge is 0.131 e. The second kappa shape index (κ2) is 5.41. The van der Waals surface area contributed by atoms with Gasteiger partial charge in [0.05, 0.1) is 7.11 Å². The summed E-state index contributed by atoms with van der Waals surface area (Å²) in [5, 5.41) is 0. The lowest BCUT2D eigenvalue weighted by atomic mass is 9.95. The molecule has 0 aromatic heterocycles. The fraction of sp³-hybridized carbons (Fsp3) is 0.333. The number of benzene rings is 2. The quantitative estimate of drug-likeness (QED) is 0.940. The highest BCUT2D eigenvalue weighted by Gasteiger charge is 2.26. The van der Waals surface area contributed by atoms with Crippen molar-refractivity contribution in [2.75, 3.05) is 13.7 Å². The van der Waals surface area contributed by atoms with E-state index in [-0.39, 0.29) is 6.10 Å². The highest BCUT2D eigenvalue weighted by Crippen LogP contribution is 2.42. The van der Waals surface area contributed by atoms with Crippen molar-refractivity contribution in [2.45, 2.75) is 26.4 Å². The lowest BCUT2D eigenvalue weighted by Gasteiger charge is -2.14. The third kappa shape index (κ3) is 2.49. The van der Waals surface area contributed by atoms with Crippen molar-refractivity contribution in [3.05, 3.63) is 47.0 Å².